The van der Waals surface area contributed by atoms with E-state index >= 15 is 0 Å². The predicted octanol–water partition coefficient (Wildman–Crippen LogP) is 2.79. The van der Waals surface area contributed by atoms with Crippen LogP contribution in [0.3, 0.4) is 0 Å². The monoisotopic (exact) mass is 360 g/mol. The number of carbonyl (C=O) groups excluding carboxylic acids is 3. The summed E-state index contributed by atoms with van der Waals surface area (Å²) >= 11 is 0. The normalized spacial score (nSPS) is 47.7. The first-order valence-corrected chi connectivity index (χ1v) is 10.3. The highest BCUT2D eigenvalue weighted by atomic mass is 16.2. The van der Waals surface area contributed by atoms with Crippen LogP contribution in [-0.2, 0) is 14.4 Å². The first-order valence-electron chi connectivity index (χ1n) is 10.3. The number of rotatable bonds is 2. The van der Waals surface area contributed by atoms with Crippen LogP contribution in [-0.4, -0.2) is 23.5 Å². The number of carbonyl (C=O) groups is 3. The zero-order chi connectivity index (χ0) is 18.7. The van der Waals surface area contributed by atoms with E-state index in [0.717, 1.165) is 44.9 Å². The van der Waals surface area contributed by atoms with Gasteiger partial charge in [-0.1, -0.05) is 13.8 Å². The molecule has 7 atom stereocenters. The highest BCUT2D eigenvalue weighted by molar-refractivity contribution is 5.88. The lowest BCUT2D eigenvalue weighted by Crippen LogP contribution is -2.57. The third kappa shape index (κ3) is 2.57. The average Bonchev–Trinajstić information content (AvgIpc) is 2.84. The number of nitrogens with one attached hydrogen (secondary N) is 2. The van der Waals surface area contributed by atoms with Gasteiger partial charge < -0.3 is 0 Å². The van der Waals surface area contributed by atoms with Crippen molar-refractivity contribution in [3.05, 3.63) is 0 Å². The number of hydrazine groups is 1. The van der Waals surface area contributed by atoms with E-state index in [1.807, 2.05) is 0 Å². The van der Waals surface area contributed by atoms with Crippen molar-refractivity contribution in [3.63, 3.8) is 0 Å². The summed E-state index contributed by atoms with van der Waals surface area (Å²) in [6.07, 6.45) is 7.30. The van der Waals surface area contributed by atoms with Crippen molar-refractivity contribution in [3.8, 4) is 0 Å². The van der Waals surface area contributed by atoms with Gasteiger partial charge in [0.25, 0.3) is 0 Å². The Bertz CT molecular complexity index is 647. The molecule has 1 amide bonds. The second-order valence-corrected chi connectivity index (χ2v) is 9.83. The summed E-state index contributed by atoms with van der Waals surface area (Å²) in [6, 6.07) is 0.0366. The molecule has 4 fully saturated rings. The maximum atomic E-state index is 12.9. The molecule has 0 bridgehead atoms. The molecule has 0 aromatic carbocycles. The lowest BCUT2D eigenvalue weighted by atomic mass is 9.45. The van der Waals surface area contributed by atoms with Crippen molar-refractivity contribution in [1.29, 1.82) is 0 Å². The van der Waals surface area contributed by atoms with E-state index in [4.69, 9.17) is 0 Å². The van der Waals surface area contributed by atoms with Gasteiger partial charge in [0.05, 0.1) is 0 Å². The maximum Gasteiger partial charge on any atom is 0.230 e. The minimum atomic E-state index is -0.259. The molecule has 1 unspecified atom stereocenters. The van der Waals surface area contributed by atoms with Crippen LogP contribution in [0.5, 0.6) is 0 Å². The molecule has 0 heterocycles. The molecule has 0 aliphatic heterocycles. The first-order chi connectivity index (χ1) is 12.3. The topological polar surface area (TPSA) is 75.3 Å². The van der Waals surface area contributed by atoms with Gasteiger partial charge >= 0.3 is 0 Å². The summed E-state index contributed by atoms with van der Waals surface area (Å²) in [6.45, 7) is 6.07. The largest absolute Gasteiger partial charge is 0.300 e. The zero-order valence-corrected chi connectivity index (χ0v) is 16.3. The number of amides is 1. The molecule has 2 N–H and O–H groups in total. The van der Waals surface area contributed by atoms with Crippen LogP contribution < -0.4 is 10.9 Å². The summed E-state index contributed by atoms with van der Waals surface area (Å²) in [5, 5.41) is 0. The summed E-state index contributed by atoms with van der Waals surface area (Å²) < 4.78 is 0. The van der Waals surface area contributed by atoms with Crippen molar-refractivity contribution < 1.29 is 14.4 Å². The van der Waals surface area contributed by atoms with Crippen LogP contribution in [0.25, 0.3) is 0 Å². The Morgan fingerprint density at radius 2 is 1.85 bits per heavy atom. The molecule has 5 nitrogen and oxygen atoms in total. The number of hydrogen-bond donors (Lipinski definition) is 2. The van der Waals surface area contributed by atoms with E-state index in [9.17, 15) is 14.4 Å². The molecule has 0 saturated heterocycles. The summed E-state index contributed by atoms with van der Waals surface area (Å²) in [7, 11) is 0. The van der Waals surface area contributed by atoms with Crippen LogP contribution in [0.1, 0.15) is 72.1 Å². The molecule has 144 valence electrons. The standard InChI is InChI=1S/C21H32N2O3/c1-12(24)22-23-17-11-18(26)21(3)9-7-16-15(19(17)21)5-4-13-10-14(25)6-8-20(13,16)2/h13,15-17,19,23H,4-11H2,1-3H3,(H,22,24)/t13-,15+,16-,17?,19+,20-,21+/m0/s1. The maximum absolute atomic E-state index is 12.9. The van der Waals surface area contributed by atoms with Gasteiger partial charge in [-0.3, -0.25) is 19.8 Å². The van der Waals surface area contributed by atoms with Crippen LogP contribution in [0.15, 0.2) is 0 Å². The van der Waals surface area contributed by atoms with E-state index in [2.05, 4.69) is 24.7 Å². The fourth-order valence-electron chi connectivity index (χ4n) is 7.26. The molecular weight excluding hydrogens is 328 g/mol. The van der Waals surface area contributed by atoms with Crippen LogP contribution in [0.2, 0.25) is 0 Å². The first kappa shape index (κ1) is 18.1. The van der Waals surface area contributed by atoms with Gasteiger partial charge in [0.2, 0.25) is 5.91 Å². The van der Waals surface area contributed by atoms with Crippen LogP contribution >= 0.6 is 0 Å². The van der Waals surface area contributed by atoms with E-state index in [0.29, 0.717) is 35.7 Å². The van der Waals surface area contributed by atoms with Gasteiger partial charge in [-0.2, -0.15) is 0 Å². The number of fused-ring (bicyclic) bond motifs is 5. The van der Waals surface area contributed by atoms with Gasteiger partial charge in [-0.05, 0) is 61.2 Å². The van der Waals surface area contributed by atoms with Crippen molar-refractivity contribution >= 4 is 17.5 Å². The lowest BCUT2D eigenvalue weighted by Gasteiger charge is -2.59. The SMILES string of the molecule is CC(=O)NNC1CC(=O)[C@@]2(C)CC[C@H]3[C@@H](CC[C@H]4CC(=O)CC[C@@]43C)[C@H]12. The van der Waals surface area contributed by atoms with E-state index < -0.39 is 0 Å². The van der Waals surface area contributed by atoms with Gasteiger partial charge in [-0.15, -0.1) is 0 Å². The highest BCUT2D eigenvalue weighted by Gasteiger charge is 2.62. The Hall–Kier alpha value is -1.23. The fourth-order valence-corrected chi connectivity index (χ4v) is 7.26. The quantitative estimate of drug-likeness (QED) is 0.743. The molecule has 4 aliphatic rings. The van der Waals surface area contributed by atoms with Crippen molar-refractivity contribution in [2.24, 2.45) is 34.5 Å². The minimum Gasteiger partial charge on any atom is -0.300 e. The van der Waals surface area contributed by atoms with Gasteiger partial charge in [0.15, 0.2) is 0 Å². The molecule has 0 aromatic rings. The van der Waals surface area contributed by atoms with E-state index in [-0.39, 0.29) is 28.7 Å². The zero-order valence-electron chi connectivity index (χ0n) is 16.3. The summed E-state index contributed by atoms with van der Waals surface area (Å²) in [5.74, 6) is 2.60. The Morgan fingerprint density at radius 1 is 1.08 bits per heavy atom. The van der Waals surface area contributed by atoms with E-state index in [1.165, 1.54) is 6.92 Å². The molecule has 4 saturated carbocycles. The molecule has 5 heteroatoms. The van der Waals surface area contributed by atoms with Crippen molar-refractivity contribution in [2.45, 2.75) is 78.2 Å². The minimum absolute atomic E-state index is 0.0366. The fraction of sp³-hybridized carbons (Fsp3) is 0.857. The molecule has 0 aromatic heterocycles. The van der Waals surface area contributed by atoms with Gasteiger partial charge in [0, 0.05) is 37.6 Å². The Balaban J connectivity index is 1.63. The van der Waals surface area contributed by atoms with E-state index in [1.54, 1.807) is 0 Å². The van der Waals surface area contributed by atoms with Gasteiger partial charge in [0.1, 0.15) is 11.6 Å². The molecule has 0 spiro atoms. The lowest BCUT2D eigenvalue weighted by molar-refractivity contribution is -0.145. The molecular formula is C21H32N2O3. The molecule has 4 rings (SSSR count). The summed E-state index contributed by atoms with van der Waals surface area (Å²) in [4.78, 5) is 36.3. The van der Waals surface area contributed by atoms with Crippen LogP contribution in [0, 0.1) is 34.5 Å². The Labute approximate surface area is 156 Å². The third-order valence-electron chi connectivity index (χ3n) is 8.64. The third-order valence-corrected chi connectivity index (χ3v) is 8.64. The summed E-state index contributed by atoms with van der Waals surface area (Å²) in [5.41, 5.74) is 5.91. The van der Waals surface area contributed by atoms with Crippen molar-refractivity contribution in [1.82, 2.24) is 10.9 Å². The molecule has 0 radical (unpaired) electrons. The Kier molecular flexibility index (Phi) is 4.29. The molecule has 4 aliphatic carbocycles. The highest BCUT2D eigenvalue weighted by Crippen LogP contribution is 2.65. The predicted molar refractivity (Wildman–Crippen MR) is 97.9 cm³/mol. The van der Waals surface area contributed by atoms with Crippen molar-refractivity contribution in [2.75, 3.05) is 0 Å². The number of hydrogen-bond acceptors (Lipinski definition) is 4. The Morgan fingerprint density at radius 3 is 2.58 bits per heavy atom. The average molecular weight is 360 g/mol. The number of ketones is 2. The second kappa shape index (κ2) is 6.15. The molecule has 26 heavy (non-hydrogen) atoms. The smallest absolute Gasteiger partial charge is 0.230 e. The van der Waals surface area contributed by atoms with Crippen LogP contribution in [0.4, 0.5) is 0 Å². The van der Waals surface area contributed by atoms with Gasteiger partial charge in [-0.25, -0.2) is 5.43 Å². The second-order valence-electron chi connectivity index (χ2n) is 9.83. The number of Topliss-reactive ketones (excluding diaryl/α,β-unsaturated/α-hetero) is 2.